The lowest BCUT2D eigenvalue weighted by Gasteiger charge is -2.32. The predicted octanol–water partition coefficient (Wildman–Crippen LogP) is 4.09. The Hall–Kier alpha value is -1.88. The fourth-order valence-electron chi connectivity index (χ4n) is 3.99. The number of carbonyl (C=O) groups is 2. The first-order valence-corrected chi connectivity index (χ1v) is 8.55. The number of aryl methyl sites for hydroxylation is 1. The lowest BCUT2D eigenvalue weighted by atomic mass is 9.73. The van der Waals surface area contributed by atoms with E-state index in [0.717, 1.165) is 30.4 Å². The van der Waals surface area contributed by atoms with Gasteiger partial charge in [-0.1, -0.05) is 19.3 Å². The van der Waals surface area contributed by atoms with Crippen LogP contribution in [0.25, 0.3) is 0 Å². The summed E-state index contributed by atoms with van der Waals surface area (Å²) in [5.74, 6) is -1.63. The van der Waals surface area contributed by atoms with Crippen LogP contribution in [-0.4, -0.2) is 35.9 Å². The smallest absolute Gasteiger partial charge is 0.336 e. The van der Waals surface area contributed by atoms with E-state index in [9.17, 15) is 19.8 Å². The van der Waals surface area contributed by atoms with Gasteiger partial charge in [-0.05, 0) is 61.3 Å². The molecule has 1 unspecified atom stereocenters. The fourth-order valence-corrected chi connectivity index (χ4v) is 3.99. The Morgan fingerprint density at radius 1 is 1.17 bits per heavy atom. The summed E-state index contributed by atoms with van der Waals surface area (Å²) < 4.78 is 5.25. The molecule has 1 fully saturated rings. The molecular formula is C19H26O5. The number of aromatic carboxylic acids is 2. The van der Waals surface area contributed by atoms with Crippen LogP contribution < -0.4 is 0 Å². The molecule has 0 amide bonds. The van der Waals surface area contributed by atoms with Gasteiger partial charge in [0.15, 0.2) is 0 Å². The highest BCUT2D eigenvalue weighted by atomic mass is 16.5. The van der Waals surface area contributed by atoms with Gasteiger partial charge in [0.1, 0.15) is 0 Å². The van der Waals surface area contributed by atoms with Crippen LogP contribution in [0.4, 0.5) is 0 Å². The van der Waals surface area contributed by atoms with E-state index < -0.39 is 11.9 Å². The maximum Gasteiger partial charge on any atom is 0.336 e. The number of hydrogen-bond donors (Lipinski definition) is 2. The van der Waals surface area contributed by atoms with Gasteiger partial charge in [-0.15, -0.1) is 0 Å². The first kappa shape index (κ1) is 18.5. The highest BCUT2D eigenvalue weighted by Gasteiger charge is 2.30. The average Bonchev–Trinajstić information content (AvgIpc) is 2.56. The first-order valence-electron chi connectivity index (χ1n) is 8.55. The molecule has 24 heavy (non-hydrogen) atoms. The Morgan fingerprint density at radius 3 is 2.38 bits per heavy atom. The van der Waals surface area contributed by atoms with Crippen molar-refractivity contribution in [3.05, 3.63) is 34.4 Å². The molecule has 0 aromatic heterocycles. The van der Waals surface area contributed by atoms with E-state index in [4.69, 9.17) is 4.74 Å². The third-order valence-electron chi connectivity index (χ3n) is 5.09. The monoisotopic (exact) mass is 334 g/mol. The Bertz CT molecular complexity index is 602. The molecule has 132 valence electrons. The zero-order valence-corrected chi connectivity index (χ0v) is 14.4. The van der Waals surface area contributed by atoms with Crippen LogP contribution in [0.1, 0.15) is 76.3 Å². The van der Waals surface area contributed by atoms with Gasteiger partial charge in [-0.2, -0.15) is 0 Å². The molecule has 2 N–H and O–H groups in total. The normalized spacial score (nSPS) is 16.8. The molecule has 1 aliphatic rings. The second-order valence-electron chi connectivity index (χ2n) is 6.65. The molecule has 0 heterocycles. The van der Waals surface area contributed by atoms with Crippen molar-refractivity contribution in [1.29, 1.82) is 0 Å². The van der Waals surface area contributed by atoms with Gasteiger partial charge < -0.3 is 14.9 Å². The number of ether oxygens (including phenoxy) is 1. The summed E-state index contributed by atoms with van der Waals surface area (Å²) in [5, 5.41) is 18.9. The first-order chi connectivity index (χ1) is 11.5. The minimum Gasteiger partial charge on any atom is -0.478 e. The second-order valence-corrected chi connectivity index (χ2v) is 6.65. The summed E-state index contributed by atoms with van der Waals surface area (Å²) in [5.41, 5.74) is 1.69. The van der Waals surface area contributed by atoms with Crippen LogP contribution in [0.5, 0.6) is 0 Å². The summed E-state index contributed by atoms with van der Waals surface area (Å²) in [6.07, 6.45) is 6.51. The summed E-state index contributed by atoms with van der Waals surface area (Å²) in [7, 11) is 1.65. The van der Waals surface area contributed by atoms with E-state index in [1.165, 1.54) is 25.3 Å². The number of methoxy groups -OCH3 is 1. The second kappa shape index (κ2) is 8.29. The van der Waals surface area contributed by atoms with E-state index in [-0.39, 0.29) is 17.0 Å². The molecule has 1 aromatic carbocycles. The highest BCUT2D eigenvalue weighted by Crippen LogP contribution is 2.41. The van der Waals surface area contributed by atoms with Gasteiger partial charge in [0.25, 0.3) is 0 Å². The summed E-state index contributed by atoms with van der Waals surface area (Å²) in [6, 6.07) is 2.89. The van der Waals surface area contributed by atoms with Crippen LogP contribution in [0.3, 0.4) is 0 Å². The average molecular weight is 334 g/mol. The van der Waals surface area contributed by atoms with E-state index in [0.29, 0.717) is 12.5 Å². The third kappa shape index (κ3) is 4.15. The lowest BCUT2D eigenvalue weighted by molar-refractivity contribution is 0.0693. The van der Waals surface area contributed by atoms with Gasteiger partial charge in [-0.25, -0.2) is 9.59 Å². The molecule has 1 atom stereocenters. The molecule has 0 aliphatic heterocycles. The van der Waals surface area contributed by atoms with Gasteiger partial charge in [0.05, 0.1) is 11.1 Å². The maximum atomic E-state index is 11.8. The van der Waals surface area contributed by atoms with Crippen molar-refractivity contribution in [1.82, 2.24) is 0 Å². The van der Waals surface area contributed by atoms with Crippen molar-refractivity contribution in [2.24, 2.45) is 5.92 Å². The zero-order valence-electron chi connectivity index (χ0n) is 14.4. The van der Waals surface area contributed by atoms with Crippen LogP contribution in [0.15, 0.2) is 12.1 Å². The van der Waals surface area contributed by atoms with Crippen molar-refractivity contribution >= 4 is 11.9 Å². The Balaban J connectivity index is 2.50. The van der Waals surface area contributed by atoms with Crippen molar-refractivity contribution in [2.45, 2.75) is 51.4 Å². The minimum absolute atomic E-state index is 0.0304. The summed E-state index contributed by atoms with van der Waals surface area (Å²) in [6.45, 7) is 2.39. The Labute approximate surface area is 142 Å². The van der Waals surface area contributed by atoms with Crippen LogP contribution >= 0.6 is 0 Å². The van der Waals surface area contributed by atoms with Crippen LogP contribution in [-0.2, 0) is 4.74 Å². The lowest BCUT2D eigenvalue weighted by Crippen LogP contribution is -2.22. The van der Waals surface area contributed by atoms with Gasteiger partial charge in [0, 0.05) is 13.7 Å². The molecule has 1 aromatic rings. The van der Waals surface area contributed by atoms with Gasteiger partial charge in [-0.3, -0.25) is 0 Å². The van der Waals surface area contributed by atoms with Crippen molar-refractivity contribution < 1.29 is 24.5 Å². The topological polar surface area (TPSA) is 83.8 Å². The predicted molar refractivity (Wildman–Crippen MR) is 90.9 cm³/mol. The van der Waals surface area contributed by atoms with Crippen molar-refractivity contribution in [3.8, 4) is 0 Å². The van der Waals surface area contributed by atoms with Crippen molar-refractivity contribution in [3.63, 3.8) is 0 Å². The molecule has 0 spiro atoms. The van der Waals surface area contributed by atoms with E-state index in [1.54, 1.807) is 13.2 Å². The fraction of sp³-hybridized carbons (Fsp3) is 0.579. The molecule has 1 saturated carbocycles. The van der Waals surface area contributed by atoms with E-state index in [2.05, 4.69) is 0 Å². The Morgan fingerprint density at radius 2 is 1.83 bits per heavy atom. The standard InChI is InChI=1S/C19H26O5/c1-12-10-14(18(20)21)11-16(19(22)23)17(12)15(8-9-24-2)13-6-4-3-5-7-13/h10-11,13,15H,3-9H2,1-2H3,(H,20,21)(H,22,23). The molecule has 5 nitrogen and oxygen atoms in total. The SMILES string of the molecule is COCCC(c1c(C)cc(C(=O)O)cc1C(=O)O)C1CCCCC1. The van der Waals surface area contributed by atoms with E-state index >= 15 is 0 Å². The van der Waals surface area contributed by atoms with Crippen molar-refractivity contribution in [2.75, 3.05) is 13.7 Å². The molecule has 5 heteroatoms. The number of benzene rings is 1. The van der Waals surface area contributed by atoms with Gasteiger partial charge >= 0.3 is 11.9 Å². The van der Waals surface area contributed by atoms with E-state index in [1.807, 2.05) is 6.92 Å². The zero-order chi connectivity index (χ0) is 17.7. The number of hydrogen-bond acceptors (Lipinski definition) is 3. The quantitative estimate of drug-likeness (QED) is 0.784. The van der Waals surface area contributed by atoms with Crippen LogP contribution in [0, 0.1) is 12.8 Å². The number of carboxylic acids is 2. The molecule has 0 bridgehead atoms. The minimum atomic E-state index is -1.10. The largest absolute Gasteiger partial charge is 0.478 e. The van der Waals surface area contributed by atoms with Gasteiger partial charge in [0.2, 0.25) is 0 Å². The summed E-state index contributed by atoms with van der Waals surface area (Å²) in [4.78, 5) is 23.1. The third-order valence-corrected chi connectivity index (χ3v) is 5.09. The molecule has 2 rings (SSSR count). The maximum absolute atomic E-state index is 11.8. The molecule has 1 aliphatic carbocycles. The molecular weight excluding hydrogens is 308 g/mol. The Kier molecular flexibility index (Phi) is 6.37. The summed E-state index contributed by atoms with van der Waals surface area (Å²) >= 11 is 0. The highest BCUT2D eigenvalue weighted by molar-refractivity contribution is 5.95. The molecule has 0 radical (unpaired) electrons. The number of rotatable bonds is 7. The molecule has 0 saturated heterocycles. The van der Waals surface area contributed by atoms with Crippen LogP contribution in [0.2, 0.25) is 0 Å². The number of carboxylic acid groups (broad SMARTS) is 2.